The summed E-state index contributed by atoms with van der Waals surface area (Å²) in [6.45, 7) is 0. The minimum Gasteiger partial charge on any atom is -0.267 e. The van der Waals surface area contributed by atoms with Gasteiger partial charge in [-0.2, -0.15) is 9.78 Å². The lowest BCUT2D eigenvalue weighted by Gasteiger charge is -2.02. The average Bonchev–Trinajstić information content (AvgIpc) is 3.08. The topological polar surface area (TPSA) is 47.2 Å². The molecule has 2 heterocycles. The van der Waals surface area contributed by atoms with Crippen molar-refractivity contribution < 1.29 is 8.78 Å². The van der Waals surface area contributed by atoms with E-state index in [9.17, 15) is 13.6 Å². The summed E-state index contributed by atoms with van der Waals surface area (Å²) in [5, 5.41) is 6.70. The molecular formula is C19H10ClF2N3OS. The fourth-order valence-electron chi connectivity index (χ4n) is 2.60. The molecule has 0 aliphatic carbocycles. The minimum atomic E-state index is -0.766. The largest absolute Gasteiger partial charge is 0.283 e. The highest BCUT2D eigenvalue weighted by Gasteiger charge is 2.13. The van der Waals surface area contributed by atoms with Crippen LogP contribution in [0.3, 0.4) is 0 Å². The van der Waals surface area contributed by atoms with Crippen LogP contribution in [-0.4, -0.2) is 15.9 Å². The van der Waals surface area contributed by atoms with Crippen molar-refractivity contribution in [1.29, 1.82) is 0 Å². The number of fused-ring (bicyclic) bond motifs is 1. The van der Waals surface area contributed by atoms with Crippen molar-refractivity contribution >= 4 is 39.4 Å². The molecule has 0 aliphatic heterocycles. The molecular weight excluding hydrogens is 392 g/mol. The first-order valence-electron chi connectivity index (χ1n) is 7.78. The van der Waals surface area contributed by atoms with Gasteiger partial charge in [-0.05, 0) is 29.8 Å². The maximum absolute atomic E-state index is 13.7. The Labute approximate surface area is 161 Å². The quantitative estimate of drug-likeness (QED) is 0.456. The summed E-state index contributed by atoms with van der Waals surface area (Å²) in [5.74, 6) is -1.53. The van der Waals surface area contributed by atoms with Crippen molar-refractivity contribution in [1.82, 2.24) is 9.66 Å². The van der Waals surface area contributed by atoms with E-state index in [1.54, 1.807) is 24.3 Å². The van der Waals surface area contributed by atoms with Crippen LogP contribution in [-0.2, 0) is 0 Å². The Bertz CT molecular complexity index is 1210. The molecule has 0 saturated heterocycles. The summed E-state index contributed by atoms with van der Waals surface area (Å²) >= 11 is 7.24. The Kier molecular flexibility index (Phi) is 4.55. The lowest BCUT2D eigenvalue weighted by molar-refractivity contribution is 0.579. The zero-order valence-corrected chi connectivity index (χ0v) is 15.1. The van der Waals surface area contributed by atoms with Gasteiger partial charge >= 0.3 is 0 Å². The van der Waals surface area contributed by atoms with Gasteiger partial charge in [-0.3, -0.25) is 4.79 Å². The minimum absolute atomic E-state index is 0.326. The molecule has 0 amide bonds. The summed E-state index contributed by atoms with van der Waals surface area (Å²) in [6, 6.07) is 10.6. The van der Waals surface area contributed by atoms with Gasteiger partial charge in [0, 0.05) is 16.0 Å². The van der Waals surface area contributed by atoms with Crippen LogP contribution >= 0.6 is 22.9 Å². The van der Waals surface area contributed by atoms with Gasteiger partial charge in [-0.15, -0.1) is 11.3 Å². The molecule has 4 rings (SSSR count). The van der Waals surface area contributed by atoms with Crippen LogP contribution in [0.5, 0.6) is 0 Å². The maximum Gasteiger partial charge on any atom is 0.283 e. The number of nitrogens with zero attached hydrogens (tertiary/aromatic N) is 3. The Morgan fingerprint density at radius 1 is 1.11 bits per heavy atom. The van der Waals surface area contributed by atoms with E-state index in [1.165, 1.54) is 23.7 Å². The van der Waals surface area contributed by atoms with Crippen LogP contribution < -0.4 is 5.56 Å². The second-order valence-corrected chi connectivity index (χ2v) is 6.91. The van der Waals surface area contributed by atoms with Gasteiger partial charge in [0.25, 0.3) is 5.56 Å². The second-order valence-electron chi connectivity index (χ2n) is 5.61. The first-order valence-corrected chi connectivity index (χ1v) is 9.03. The van der Waals surface area contributed by atoms with E-state index in [0.29, 0.717) is 20.8 Å². The highest BCUT2D eigenvalue weighted by molar-refractivity contribution is 7.17. The first kappa shape index (κ1) is 17.5. The first-order chi connectivity index (χ1) is 13.0. The smallest absolute Gasteiger partial charge is 0.267 e. The third-order valence-corrected chi connectivity index (χ3v) is 5.08. The monoisotopic (exact) mass is 401 g/mol. The molecule has 27 heavy (non-hydrogen) atoms. The molecule has 0 bridgehead atoms. The number of thiophene rings is 1. The lowest BCUT2D eigenvalue weighted by atomic mass is 10.1. The van der Waals surface area contributed by atoms with E-state index in [4.69, 9.17) is 11.6 Å². The third-order valence-electron chi connectivity index (χ3n) is 3.94. The number of hydrogen-bond acceptors (Lipinski definition) is 4. The Hall–Kier alpha value is -2.90. The average molecular weight is 402 g/mol. The molecule has 2 aromatic carbocycles. The zero-order chi connectivity index (χ0) is 19.0. The fourth-order valence-corrected chi connectivity index (χ4v) is 3.63. The second kappa shape index (κ2) is 7.02. The molecule has 4 nitrogen and oxygen atoms in total. The van der Waals surface area contributed by atoms with Gasteiger partial charge in [0.1, 0.15) is 22.8 Å². The van der Waals surface area contributed by atoms with E-state index in [0.717, 1.165) is 28.6 Å². The summed E-state index contributed by atoms with van der Waals surface area (Å²) < 4.78 is 28.4. The van der Waals surface area contributed by atoms with Gasteiger partial charge in [0.15, 0.2) is 0 Å². The summed E-state index contributed by atoms with van der Waals surface area (Å²) in [6.07, 6.45) is 2.19. The van der Waals surface area contributed by atoms with Gasteiger partial charge in [0.05, 0.1) is 17.2 Å². The van der Waals surface area contributed by atoms with Crippen LogP contribution in [0.1, 0.15) is 5.56 Å². The van der Waals surface area contributed by atoms with Crippen LogP contribution in [0.2, 0.25) is 5.02 Å². The number of benzene rings is 2. The molecule has 2 aromatic heterocycles. The zero-order valence-electron chi connectivity index (χ0n) is 13.6. The van der Waals surface area contributed by atoms with Gasteiger partial charge in [-0.1, -0.05) is 29.8 Å². The van der Waals surface area contributed by atoms with Gasteiger partial charge in [-0.25, -0.2) is 13.8 Å². The van der Waals surface area contributed by atoms with E-state index < -0.39 is 17.2 Å². The van der Waals surface area contributed by atoms with Crippen LogP contribution in [0, 0.1) is 11.6 Å². The Balaban J connectivity index is 1.83. The predicted octanol–water partition coefficient (Wildman–Crippen LogP) is 4.94. The van der Waals surface area contributed by atoms with E-state index in [2.05, 4.69) is 10.1 Å². The van der Waals surface area contributed by atoms with E-state index >= 15 is 0 Å². The van der Waals surface area contributed by atoms with Crippen molar-refractivity contribution in [3.63, 3.8) is 0 Å². The standard InChI is InChI=1S/C19H10ClF2N3OS/c20-12-6-4-11(5-7-12)14-9-27-18-17(14)19(26)25(10-23-18)24-8-13-15(21)2-1-3-16(13)22/h1-10H/b24-8-. The number of hydrogen-bond donors (Lipinski definition) is 0. The lowest BCUT2D eigenvalue weighted by Crippen LogP contribution is -2.17. The summed E-state index contributed by atoms with van der Waals surface area (Å²) in [5.41, 5.74) is 0.754. The SMILES string of the molecule is O=c1c2c(-c3ccc(Cl)cc3)csc2ncn1/N=C\c1c(F)cccc1F. The molecule has 0 atom stereocenters. The number of halogens is 3. The van der Waals surface area contributed by atoms with E-state index in [-0.39, 0.29) is 5.56 Å². The van der Waals surface area contributed by atoms with Crippen LogP contribution in [0.15, 0.2) is 64.1 Å². The highest BCUT2D eigenvalue weighted by Crippen LogP contribution is 2.31. The predicted molar refractivity (Wildman–Crippen MR) is 104 cm³/mol. The maximum atomic E-state index is 13.7. The Morgan fingerprint density at radius 2 is 1.81 bits per heavy atom. The van der Waals surface area contributed by atoms with Crippen LogP contribution in [0.4, 0.5) is 8.78 Å². The Morgan fingerprint density at radius 3 is 2.52 bits per heavy atom. The number of rotatable bonds is 3. The molecule has 0 aliphatic rings. The number of aromatic nitrogens is 2. The summed E-state index contributed by atoms with van der Waals surface area (Å²) in [4.78, 5) is 17.6. The molecule has 0 radical (unpaired) electrons. The molecule has 134 valence electrons. The molecule has 0 N–H and O–H groups in total. The van der Waals surface area contributed by atoms with Crippen molar-refractivity contribution in [2.45, 2.75) is 0 Å². The van der Waals surface area contributed by atoms with E-state index in [1.807, 2.05) is 5.38 Å². The molecule has 0 unspecified atom stereocenters. The third kappa shape index (κ3) is 3.27. The highest BCUT2D eigenvalue weighted by atomic mass is 35.5. The summed E-state index contributed by atoms with van der Waals surface area (Å²) in [7, 11) is 0. The fraction of sp³-hybridized carbons (Fsp3) is 0. The van der Waals surface area contributed by atoms with Crippen molar-refractivity contribution in [2.75, 3.05) is 0 Å². The molecule has 0 spiro atoms. The van der Waals surface area contributed by atoms with Gasteiger partial charge < -0.3 is 0 Å². The van der Waals surface area contributed by atoms with Crippen LogP contribution in [0.25, 0.3) is 21.3 Å². The van der Waals surface area contributed by atoms with Crippen molar-refractivity contribution in [3.8, 4) is 11.1 Å². The molecule has 0 saturated carbocycles. The molecule has 0 fully saturated rings. The van der Waals surface area contributed by atoms with Crippen molar-refractivity contribution in [2.24, 2.45) is 5.10 Å². The normalized spacial score (nSPS) is 11.5. The molecule has 4 aromatic rings. The van der Waals surface area contributed by atoms with Crippen molar-refractivity contribution in [3.05, 3.63) is 86.7 Å². The van der Waals surface area contributed by atoms with Gasteiger partial charge in [0.2, 0.25) is 0 Å². The molecule has 8 heteroatoms.